The van der Waals surface area contributed by atoms with Crippen molar-refractivity contribution < 1.29 is 10.0 Å². The van der Waals surface area contributed by atoms with Crippen LogP contribution in [-0.4, -0.2) is 35.5 Å². The van der Waals surface area contributed by atoms with Crippen LogP contribution in [0.5, 0.6) is 0 Å². The molecule has 0 aromatic heterocycles. The third-order valence-electron chi connectivity index (χ3n) is 2.88. The minimum atomic E-state index is -0.761. The first kappa shape index (κ1) is 16.4. The maximum Gasteiger partial charge on any atom is 0.235 e. The number of carbonyl (C=O) groups excluding carboxylic acids is 1. The van der Waals surface area contributed by atoms with Gasteiger partial charge in [0.15, 0.2) is 5.84 Å². The lowest BCUT2D eigenvalue weighted by Crippen LogP contribution is -2.39. The molecule has 1 amide bonds. The number of carbonyl (C=O) groups is 1. The van der Waals surface area contributed by atoms with Crippen LogP contribution >= 0.6 is 11.8 Å². The van der Waals surface area contributed by atoms with Gasteiger partial charge in [0.05, 0.1) is 0 Å². The summed E-state index contributed by atoms with van der Waals surface area (Å²) < 4.78 is 0. The lowest BCUT2D eigenvalue weighted by atomic mass is 9.97. The highest BCUT2D eigenvalue weighted by atomic mass is 32.2. The summed E-state index contributed by atoms with van der Waals surface area (Å²) in [5.41, 5.74) is 6.36. The molecule has 6 heteroatoms. The van der Waals surface area contributed by atoms with Crippen LogP contribution in [0, 0.1) is 5.92 Å². The van der Waals surface area contributed by atoms with Crippen LogP contribution in [0.2, 0.25) is 0 Å². The Hall–Kier alpha value is -1.69. The van der Waals surface area contributed by atoms with Gasteiger partial charge >= 0.3 is 0 Å². The number of nitrogens with zero attached hydrogens (tertiary/aromatic N) is 1. The summed E-state index contributed by atoms with van der Waals surface area (Å²) in [6.07, 6.45) is 2.03. The molecule has 0 spiro atoms. The molecule has 1 aromatic carbocycles. The molecule has 0 fully saturated rings. The summed E-state index contributed by atoms with van der Waals surface area (Å²) in [5, 5.41) is 14.7. The molecule has 0 saturated carbocycles. The van der Waals surface area contributed by atoms with E-state index in [1.807, 2.05) is 24.5 Å². The van der Waals surface area contributed by atoms with Crippen molar-refractivity contribution in [1.29, 1.82) is 0 Å². The zero-order chi connectivity index (χ0) is 15.0. The number of rotatable bonds is 7. The number of nitrogens with one attached hydrogen (secondary N) is 1. The maximum absolute atomic E-state index is 12.3. The zero-order valence-corrected chi connectivity index (χ0v) is 12.6. The molecule has 0 radical (unpaired) electrons. The minimum Gasteiger partial charge on any atom is -0.409 e. The molecule has 1 aromatic rings. The molecule has 1 rings (SSSR count). The first-order valence-corrected chi connectivity index (χ1v) is 7.78. The molecule has 110 valence electrons. The van der Waals surface area contributed by atoms with Gasteiger partial charge in [-0.3, -0.25) is 4.79 Å². The van der Waals surface area contributed by atoms with Crippen molar-refractivity contribution in [3.05, 3.63) is 35.9 Å². The first-order chi connectivity index (χ1) is 9.60. The van der Waals surface area contributed by atoms with Gasteiger partial charge in [0.2, 0.25) is 5.91 Å². The quantitative estimate of drug-likeness (QED) is 0.309. The Labute approximate surface area is 123 Å². The summed E-state index contributed by atoms with van der Waals surface area (Å²) in [7, 11) is 0. The number of hydrogen-bond donors (Lipinski definition) is 3. The van der Waals surface area contributed by atoms with Gasteiger partial charge in [0.1, 0.15) is 5.92 Å². The van der Waals surface area contributed by atoms with Crippen LogP contribution in [0.4, 0.5) is 0 Å². The second-order valence-corrected chi connectivity index (χ2v) is 5.58. The molecule has 0 aliphatic carbocycles. The molecule has 20 heavy (non-hydrogen) atoms. The van der Waals surface area contributed by atoms with Gasteiger partial charge in [0, 0.05) is 6.54 Å². The molecular formula is C14H21N3O2S. The van der Waals surface area contributed by atoms with Crippen molar-refractivity contribution in [3.8, 4) is 0 Å². The van der Waals surface area contributed by atoms with Gasteiger partial charge in [-0.05, 0) is 23.5 Å². The summed E-state index contributed by atoms with van der Waals surface area (Å²) in [5.74, 6) is 0.228. The van der Waals surface area contributed by atoms with Crippen molar-refractivity contribution in [2.24, 2.45) is 16.8 Å². The van der Waals surface area contributed by atoms with Crippen LogP contribution in [0.25, 0.3) is 0 Å². The Kier molecular flexibility index (Phi) is 6.93. The SMILES string of the molecule is CSCC(C)CNC(=O)C(C(N)=NO)c1ccccc1. The molecule has 0 heterocycles. The maximum atomic E-state index is 12.3. The summed E-state index contributed by atoms with van der Waals surface area (Å²) in [6.45, 7) is 2.64. The van der Waals surface area contributed by atoms with Gasteiger partial charge in [0.25, 0.3) is 0 Å². The number of thioether (sulfide) groups is 1. The van der Waals surface area contributed by atoms with E-state index in [1.54, 1.807) is 23.9 Å². The normalized spacial score (nSPS) is 14.6. The van der Waals surface area contributed by atoms with Crippen LogP contribution in [0.3, 0.4) is 0 Å². The van der Waals surface area contributed by atoms with Crippen LogP contribution < -0.4 is 11.1 Å². The van der Waals surface area contributed by atoms with Crippen molar-refractivity contribution in [2.75, 3.05) is 18.6 Å². The lowest BCUT2D eigenvalue weighted by Gasteiger charge is -2.17. The minimum absolute atomic E-state index is 0.105. The Morgan fingerprint density at radius 3 is 2.65 bits per heavy atom. The van der Waals surface area contributed by atoms with E-state index in [-0.39, 0.29) is 11.7 Å². The average Bonchev–Trinajstić information content (AvgIpc) is 2.46. The van der Waals surface area contributed by atoms with Crippen molar-refractivity contribution in [1.82, 2.24) is 5.32 Å². The smallest absolute Gasteiger partial charge is 0.235 e. The van der Waals surface area contributed by atoms with Crippen molar-refractivity contribution >= 4 is 23.5 Å². The fourth-order valence-corrected chi connectivity index (χ4v) is 2.57. The number of benzene rings is 1. The van der Waals surface area contributed by atoms with E-state index in [1.165, 1.54) is 0 Å². The summed E-state index contributed by atoms with van der Waals surface area (Å²) in [6, 6.07) is 9.06. The van der Waals surface area contributed by atoms with E-state index in [0.717, 1.165) is 5.75 Å². The second-order valence-electron chi connectivity index (χ2n) is 4.67. The molecule has 0 aliphatic rings. The van der Waals surface area contributed by atoms with E-state index >= 15 is 0 Å². The first-order valence-electron chi connectivity index (χ1n) is 6.39. The van der Waals surface area contributed by atoms with E-state index in [9.17, 15) is 4.79 Å². The number of nitrogens with two attached hydrogens (primary N) is 1. The number of hydrogen-bond acceptors (Lipinski definition) is 4. The molecule has 5 nitrogen and oxygen atoms in total. The van der Waals surface area contributed by atoms with Gasteiger partial charge in [-0.1, -0.05) is 42.4 Å². The topological polar surface area (TPSA) is 87.7 Å². The van der Waals surface area contributed by atoms with E-state index in [0.29, 0.717) is 18.0 Å². The van der Waals surface area contributed by atoms with Gasteiger partial charge < -0.3 is 16.3 Å². The molecule has 0 bridgehead atoms. The number of amides is 1. The lowest BCUT2D eigenvalue weighted by molar-refractivity contribution is -0.121. The molecule has 4 N–H and O–H groups in total. The molecular weight excluding hydrogens is 274 g/mol. The van der Waals surface area contributed by atoms with E-state index in [4.69, 9.17) is 10.9 Å². The molecule has 0 saturated heterocycles. The van der Waals surface area contributed by atoms with Gasteiger partial charge in [-0.25, -0.2) is 0 Å². The standard InChI is InChI=1S/C14H21N3O2S/c1-10(9-20-2)8-16-14(18)12(13(15)17-19)11-6-4-3-5-7-11/h3-7,10,12,19H,8-9H2,1-2H3,(H2,15,17)(H,16,18). The Bertz CT molecular complexity index is 451. The zero-order valence-electron chi connectivity index (χ0n) is 11.7. The highest BCUT2D eigenvalue weighted by Crippen LogP contribution is 2.16. The Balaban J connectivity index is 2.77. The predicted molar refractivity (Wildman–Crippen MR) is 83.1 cm³/mol. The molecule has 2 atom stereocenters. The molecule has 0 aliphatic heterocycles. The van der Waals surface area contributed by atoms with Gasteiger partial charge in [-0.15, -0.1) is 0 Å². The van der Waals surface area contributed by atoms with Crippen molar-refractivity contribution in [3.63, 3.8) is 0 Å². The van der Waals surface area contributed by atoms with Crippen LogP contribution in [0.1, 0.15) is 18.4 Å². The number of oxime groups is 1. The van der Waals surface area contributed by atoms with Crippen molar-refractivity contribution in [2.45, 2.75) is 12.8 Å². The van der Waals surface area contributed by atoms with E-state index < -0.39 is 5.92 Å². The summed E-state index contributed by atoms with van der Waals surface area (Å²) in [4.78, 5) is 12.3. The van der Waals surface area contributed by atoms with Crippen LogP contribution in [0.15, 0.2) is 35.5 Å². The monoisotopic (exact) mass is 295 g/mol. The highest BCUT2D eigenvalue weighted by molar-refractivity contribution is 7.98. The fraction of sp³-hybridized carbons (Fsp3) is 0.429. The van der Waals surface area contributed by atoms with Gasteiger partial charge in [-0.2, -0.15) is 11.8 Å². The van der Waals surface area contributed by atoms with E-state index in [2.05, 4.69) is 17.4 Å². The fourth-order valence-electron chi connectivity index (χ4n) is 1.88. The summed E-state index contributed by atoms with van der Waals surface area (Å²) >= 11 is 1.74. The predicted octanol–water partition coefficient (Wildman–Crippen LogP) is 1.63. The average molecular weight is 295 g/mol. The number of amidine groups is 1. The molecule has 2 unspecified atom stereocenters. The van der Waals surface area contributed by atoms with Crippen LogP contribution in [-0.2, 0) is 4.79 Å². The Morgan fingerprint density at radius 1 is 1.45 bits per heavy atom. The largest absolute Gasteiger partial charge is 0.409 e. The third kappa shape index (κ3) is 4.77. The second kappa shape index (κ2) is 8.47. The highest BCUT2D eigenvalue weighted by Gasteiger charge is 2.25. The Morgan fingerprint density at radius 2 is 2.10 bits per heavy atom. The third-order valence-corrected chi connectivity index (χ3v) is 3.78.